The largest absolute Gasteiger partial charge is 0.490 e. The highest BCUT2D eigenvalue weighted by atomic mass is 32.2. The maximum absolute atomic E-state index is 12.6. The summed E-state index contributed by atoms with van der Waals surface area (Å²) in [6, 6.07) is 12.3. The van der Waals surface area contributed by atoms with E-state index in [-0.39, 0.29) is 4.90 Å². The van der Waals surface area contributed by atoms with E-state index in [0.29, 0.717) is 18.2 Å². The number of sulfonamides is 1. The predicted molar refractivity (Wildman–Crippen MR) is 96.5 cm³/mol. The number of fused-ring (bicyclic) bond motifs is 1. The molecule has 0 fully saturated rings. The van der Waals surface area contributed by atoms with Crippen molar-refractivity contribution in [2.75, 3.05) is 29.8 Å². The molecule has 0 bridgehead atoms. The van der Waals surface area contributed by atoms with E-state index >= 15 is 0 Å². The van der Waals surface area contributed by atoms with Gasteiger partial charge in [0.2, 0.25) is 0 Å². The van der Waals surface area contributed by atoms with Crippen molar-refractivity contribution in [3.05, 3.63) is 48.0 Å². The lowest BCUT2D eigenvalue weighted by molar-refractivity contribution is 0.311. The summed E-state index contributed by atoms with van der Waals surface area (Å²) in [5.41, 5.74) is 2.53. The van der Waals surface area contributed by atoms with E-state index in [9.17, 15) is 8.42 Å². The molecule has 128 valence electrons. The molecule has 0 saturated heterocycles. The monoisotopic (exact) mass is 346 g/mol. The number of ether oxygens (including phenoxy) is 1. The van der Waals surface area contributed by atoms with Gasteiger partial charge in [0.25, 0.3) is 10.0 Å². The Hall–Kier alpha value is -2.21. The summed E-state index contributed by atoms with van der Waals surface area (Å²) in [4.78, 5) is 2.31. The van der Waals surface area contributed by atoms with Crippen LogP contribution in [0.4, 0.5) is 11.4 Å². The minimum Gasteiger partial charge on any atom is -0.490 e. The minimum atomic E-state index is -3.61. The number of nitrogens with one attached hydrogen (secondary N) is 1. The lowest BCUT2D eigenvalue weighted by Crippen LogP contribution is -2.28. The maximum Gasteiger partial charge on any atom is 0.261 e. The Bertz CT molecular complexity index is 830. The highest BCUT2D eigenvalue weighted by Gasteiger charge is 2.18. The molecule has 0 saturated carbocycles. The Balaban J connectivity index is 1.85. The molecule has 1 aliphatic heterocycles. The summed E-state index contributed by atoms with van der Waals surface area (Å²) < 4.78 is 33.4. The van der Waals surface area contributed by atoms with E-state index in [1.807, 2.05) is 24.1 Å². The van der Waals surface area contributed by atoms with Gasteiger partial charge >= 0.3 is 0 Å². The second kappa shape index (κ2) is 6.36. The predicted octanol–water partition coefficient (Wildman–Crippen LogP) is 3.44. The molecule has 24 heavy (non-hydrogen) atoms. The number of likely N-dealkylation sites (N-methyl/N-ethyl adjacent to an activating group) is 1. The number of benzene rings is 2. The molecule has 3 rings (SSSR count). The fourth-order valence-corrected chi connectivity index (χ4v) is 3.71. The topological polar surface area (TPSA) is 58.6 Å². The molecule has 0 atom stereocenters. The van der Waals surface area contributed by atoms with Crippen molar-refractivity contribution < 1.29 is 13.2 Å². The molecule has 2 aromatic rings. The fourth-order valence-electron chi connectivity index (χ4n) is 2.66. The maximum atomic E-state index is 12.6. The van der Waals surface area contributed by atoms with Crippen molar-refractivity contribution in [1.82, 2.24) is 0 Å². The summed E-state index contributed by atoms with van der Waals surface area (Å²) in [6.45, 7) is 5.57. The molecule has 2 aromatic carbocycles. The first-order valence-corrected chi connectivity index (χ1v) is 9.46. The smallest absolute Gasteiger partial charge is 0.261 e. The number of nitrogens with zero attached hydrogens (tertiary/aromatic N) is 1. The summed E-state index contributed by atoms with van der Waals surface area (Å²) >= 11 is 0. The molecule has 6 heteroatoms. The van der Waals surface area contributed by atoms with Crippen LogP contribution >= 0.6 is 0 Å². The van der Waals surface area contributed by atoms with Crippen LogP contribution in [-0.4, -0.2) is 28.6 Å². The lowest BCUT2D eigenvalue weighted by Gasteiger charge is -2.28. The first-order chi connectivity index (χ1) is 11.4. The summed E-state index contributed by atoms with van der Waals surface area (Å²) in [7, 11) is -1.65. The number of hydrogen-bond acceptors (Lipinski definition) is 4. The normalized spacial score (nSPS) is 14.2. The number of anilines is 2. The molecular formula is C18H22N2O3S. The third-order valence-corrected chi connectivity index (χ3v) is 5.56. The average molecular weight is 346 g/mol. The summed E-state index contributed by atoms with van der Waals surface area (Å²) in [5, 5.41) is 0. The van der Waals surface area contributed by atoms with E-state index in [0.717, 1.165) is 23.5 Å². The Labute approximate surface area is 143 Å². The van der Waals surface area contributed by atoms with E-state index in [4.69, 9.17) is 4.74 Å². The zero-order chi connectivity index (χ0) is 17.3. The van der Waals surface area contributed by atoms with Gasteiger partial charge < -0.3 is 9.64 Å². The third kappa shape index (κ3) is 3.33. The van der Waals surface area contributed by atoms with Crippen molar-refractivity contribution >= 4 is 21.4 Å². The van der Waals surface area contributed by atoms with Gasteiger partial charge in [-0.05, 0) is 41.8 Å². The Morgan fingerprint density at radius 2 is 1.83 bits per heavy atom. The third-order valence-electron chi connectivity index (χ3n) is 4.16. The van der Waals surface area contributed by atoms with Crippen molar-refractivity contribution in [3.8, 4) is 5.75 Å². The van der Waals surface area contributed by atoms with Crippen LogP contribution in [0.25, 0.3) is 0 Å². The molecule has 1 heterocycles. The zero-order valence-electron chi connectivity index (χ0n) is 14.1. The molecule has 1 N–H and O–H groups in total. The lowest BCUT2D eigenvalue weighted by atomic mass is 10.0. The summed E-state index contributed by atoms with van der Waals surface area (Å²) in [5.74, 6) is 1.14. The molecule has 0 aromatic heterocycles. The van der Waals surface area contributed by atoms with Gasteiger partial charge in [-0.15, -0.1) is 0 Å². The van der Waals surface area contributed by atoms with Crippen molar-refractivity contribution in [2.24, 2.45) is 0 Å². The zero-order valence-corrected chi connectivity index (χ0v) is 14.9. The van der Waals surface area contributed by atoms with Gasteiger partial charge in [-0.25, -0.2) is 8.42 Å². The van der Waals surface area contributed by atoms with Crippen molar-refractivity contribution in [2.45, 2.75) is 24.7 Å². The van der Waals surface area contributed by atoms with E-state index in [1.165, 1.54) is 0 Å². The first kappa shape index (κ1) is 16.6. The molecule has 0 aliphatic carbocycles. The standard InChI is InChI=1S/C18H22N2O3S/c1-13(2)14-4-7-16(8-5-14)24(21,22)19-15-6-9-18-17(12-15)20(3)10-11-23-18/h4-9,12-13,19H,10-11H2,1-3H3. The van der Waals surface area contributed by atoms with Crippen LogP contribution in [0.3, 0.4) is 0 Å². The SMILES string of the molecule is CC(C)c1ccc(S(=O)(=O)Nc2ccc3c(c2)N(C)CCO3)cc1. The molecule has 0 unspecified atom stereocenters. The van der Waals surface area contributed by atoms with Crippen LogP contribution in [0.1, 0.15) is 25.3 Å². The van der Waals surface area contributed by atoms with E-state index < -0.39 is 10.0 Å². The Morgan fingerprint density at radius 1 is 1.12 bits per heavy atom. The van der Waals surface area contributed by atoms with Gasteiger partial charge in [-0.1, -0.05) is 26.0 Å². The molecule has 0 spiro atoms. The van der Waals surface area contributed by atoms with Gasteiger partial charge in [-0.2, -0.15) is 0 Å². The van der Waals surface area contributed by atoms with Crippen LogP contribution < -0.4 is 14.4 Å². The number of hydrogen-bond donors (Lipinski definition) is 1. The van der Waals surface area contributed by atoms with Gasteiger partial charge in [0.15, 0.2) is 0 Å². The van der Waals surface area contributed by atoms with Gasteiger partial charge in [-0.3, -0.25) is 4.72 Å². The molecule has 1 aliphatic rings. The minimum absolute atomic E-state index is 0.259. The van der Waals surface area contributed by atoms with Gasteiger partial charge in [0.1, 0.15) is 12.4 Å². The van der Waals surface area contributed by atoms with E-state index in [2.05, 4.69) is 18.6 Å². The highest BCUT2D eigenvalue weighted by Crippen LogP contribution is 2.33. The van der Waals surface area contributed by atoms with Crippen LogP contribution in [0.2, 0.25) is 0 Å². The molecular weight excluding hydrogens is 324 g/mol. The molecule has 0 radical (unpaired) electrons. The second-order valence-electron chi connectivity index (χ2n) is 6.28. The summed E-state index contributed by atoms with van der Waals surface area (Å²) in [6.07, 6.45) is 0. The van der Waals surface area contributed by atoms with Gasteiger partial charge in [0, 0.05) is 7.05 Å². The molecule has 0 amide bonds. The van der Waals surface area contributed by atoms with Crippen molar-refractivity contribution in [3.63, 3.8) is 0 Å². The fraction of sp³-hybridized carbons (Fsp3) is 0.333. The van der Waals surface area contributed by atoms with Crippen LogP contribution in [0, 0.1) is 0 Å². The second-order valence-corrected chi connectivity index (χ2v) is 7.96. The quantitative estimate of drug-likeness (QED) is 0.921. The van der Waals surface area contributed by atoms with E-state index in [1.54, 1.807) is 30.3 Å². The van der Waals surface area contributed by atoms with Crippen LogP contribution in [0.15, 0.2) is 47.4 Å². The first-order valence-electron chi connectivity index (χ1n) is 7.97. The average Bonchev–Trinajstić information content (AvgIpc) is 2.55. The molecule has 5 nitrogen and oxygen atoms in total. The highest BCUT2D eigenvalue weighted by molar-refractivity contribution is 7.92. The number of rotatable bonds is 4. The Kier molecular flexibility index (Phi) is 4.41. The van der Waals surface area contributed by atoms with Crippen LogP contribution in [-0.2, 0) is 10.0 Å². The van der Waals surface area contributed by atoms with Gasteiger partial charge in [0.05, 0.1) is 22.8 Å². The van der Waals surface area contributed by atoms with Crippen LogP contribution in [0.5, 0.6) is 5.75 Å². The Morgan fingerprint density at radius 3 is 2.50 bits per heavy atom. The van der Waals surface area contributed by atoms with Crippen molar-refractivity contribution in [1.29, 1.82) is 0 Å².